The third-order valence-electron chi connectivity index (χ3n) is 5.46. The Bertz CT molecular complexity index is 1570. The third-order valence-corrected chi connectivity index (χ3v) is 6.78. The fourth-order valence-corrected chi connectivity index (χ4v) is 5.24. The predicted molar refractivity (Wildman–Crippen MR) is 136 cm³/mol. The number of hydrogen-bond acceptors (Lipinski definition) is 8. The van der Waals surface area contributed by atoms with E-state index in [1.807, 2.05) is 0 Å². The van der Waals surface area contributed by atoms with E-state index in [0.717, 1.165) is 0 Å². The zero-order valence-corrected chi connectivity index (χ0v) is 21.6. The number of esters is 2. The highest BCUT2D eigenvalue weighted by Gasteiger charge is 2.34. The molecule has 1 atom stereocenters. The summed E-state index contributed by atoms with van der Waals surface area (Å²) in [6, 6.07) is 11.3. The second-order valence-electron chi connectivity index (χ2n) is 7.83. The first-order valence-electron chi connectivity index (χ1n) is 11.1. The second-order valence-corrected chi connectivity index (χ2v) is 9.24. The number of methoxy groups -OCH3 is 1. The Hall–Kier alpha value is -3.69. The van der Waals surface area contributed by atoms with E-state index >= 15 is 0 Å². The minimum Gasteiger partial charge on any atom is -0.493 e. The van der Waals surface area contributed by atoms with Gasteiger partial charge in [0.15, 0.2) is 16.3 Å². The molecule has 4 rings (SSSR count). The minimum absolute atomic E-state index is 0.178. The summed E-state index contributed by atoms with van der Waals surface area (Å²) in [6.45, 7) is 4.90. The molecule has 0 spiro atoms. The number of carbonyl (C=O) groups is 2. The van der Waals surface area contributed by atoms with Crippen molar-refractivity contribution < 1.29 is 23.8 Å². The molecule has 2 heterocycles. The summed E-state index contributed by atoms with van der Waals surface area (Å²) in [5, 5.41) is 0.412. The quantitative estimate of drug-likeness (QED) is 0.361. The Balaban J connectivity index is 1.93. The van der Waals surface area contributed by atoms with Crippen LogP contribution in [0.4, 0.5) is 0 Å². The third kappa shape index (κ3) is 4.84. The molecule has 1 aliphatic heterocycles. The number of halogens is 1. The molecule has 36 heavy (non-hydrogen) atoms. The van der Waals surface area contributed by atoms with Crippen LogP contribution in [0.5, 0.6) is 11.5 Å². The number of ether oxygens (including phenoxy) is 3. The topological polar surface area (TPSA) is 96.2 Å². The molecule has 0 radical (unpaired) electrons. The Morgan fingerprint density at radius 1 is 1.19 bits per heavy atom. The van der Waals surface area contributed by atoms with Crippen LogP contribution in [0.2, 0.25) is 5.02 Å². The highest BCUT2D eigenvalue weighted by Crippen LogP contribution is 2.34. The van der Waals surface area contributed by atoms with Crippen LogP contribution in [-0.2, 0) is 14.3 Å². The molecule has 1 aromatic heterocycles. The lowest BCUT2D eigenvalue weighted by Crippen LogP contribution is -2.40. The average Bonchev–Trinajstić information content (AvgIpc) is 3.13. The van der Waals surface area contributed by atoms with Gasteiger partial charge < -0.3 is 14.2 Å². The maximum absolute atomic E-state index is 13.7. The molecule has 1 aliphatic rings. The molecule has 0 saturated carbocycles. The van der Waals surface area contributed by atoms with Gasteiger partial charge in [-0.1, -0.05) is 47.2 Å². The molecule has 0 bridgehead atoms. The number of hydrogen-bond donors (Lipinski definition) is 0. The van der Waals surface area contributed by atoms with Gasteiger partial charge in [0.2, 0.25) is 0 Å². The van der Waals surface area contributed by atoms with E-state index in [-0.39, 0.29) is 23.5 Å². The highest BCUT2D eigenvalue weighted by atomic mass is 35.5. The van der Waals surface area contributed by atoms with Crippen LogP contribution in [0.1, 0.15) is 37.9 Å². The van der Waals surface area contributed by atoms with Crippen LogP contribution in [0, 0.1) is 0 Å². The maximum atomic E-state index is 13.7. The average molecular weight is 527 g/mol. The van der Waals surface area contributed by atoms with Gasteiger partial charge in [0.05, 0.1) is 29.5 Å². The fraction of sp³-hybridized carbons (Fsp3) is 0.231. The SMILES string of the molecule is CCOC(=O)C1=C(C)N=c2sc(=Cc3ccc(OC)c(OC(C)=O)c3)c(=O)n2C1c1ccccc1Cl. The molecular weight excluding hydrogens is 504 g/mol. The van der Waals surface area contributed by atoms with E-state index in [9.17, 15) is 14.4 Å². The molecule has 8 nitrogen and oxygen atoms in total. The molecule has 0 fully saturated rings. The number of allylic oxidation sites excluding steroid dienone is 1. The Morgan fingerprint density at radius 3 is 2.61 bits per heavy atom. The zero-order valence-electron chi connectivity index (χ0n) is 20.0. The first-order chi connectivity index (χ1) is 17.2. The summed E-state index contributed by atoms with van der Waals surface area (Å²) in [4.78, 5) is 43.1. The smallest absolute Gasteiger partial charge is 0.338 e. The minimum atomic E-state index is -0.802. The summed E-state index contributed by atoms with van der Waals surface area (Å²) in [7, 11) is 1.47. The summed E-state index contributed by atoms with van der Waals surface area (Å²) < 4.78 is 17.6. The van der Waals surface area contributed by atoms with Gasteiger partial charge in [0.25, 0.3) is 5.56 Å². The number of fused-ring (bicyclic) bond motifs is 1. The summed E-state index contributed by atoms with van der Waals surface area (Å²) >= 11 is 7.70. The molecule has 1 unspecified atom stereocenters. The first kappa shape index (κ1) is 25.4. The van der Waals surface area contributed by atoms with Crippen LogP contribution in [0.15, 0.2) is 63.5 Å². The summed E-state index contributed by atoms with van der Waals surface area (Å²) in [5.74, 6) is -0.427. The molecule has 2 aromatic carbocycles. The first-order valence-corrected chi connectivity index (χ1v) is 12.2. The van der Waals surface area contributed by atoms with Crippen molar-refractivity contribution in [1.29, 1.82) is 0 Å². The number of aromatic nitrogens is 1. The van der Waals surface area contributed by atoms with Crippen LogP contribution >= 0.6 is 22.9 Å². The van der Waals surface area contributed by atoms with E-state index in [1.54, 1.807) is 62.4 Å². The molecule has 0 saturated heterocycles. The van der Waals surface area contributed by atoms with Gasteiger partial charge in [-0.3, -0.25) is 14.2 Å². The molecule has 10 heteroatoms. The van der Waals surface area contributed by atoms with E-state index in [1.165, 1.54) is 29.9 Å². The van der Waals surface area contributed by atoms with Gasteiger partial charge in [-0.25, -0.2) is 9.79 Å². The van der Waals surface area contributed by atoms with Gasteiger partial charge in [-0.05, 0) is 49.2 Å². The largest absolute Gasteiger partial charge is 0.493 e. The van der Waals surface area contributed by atoms with Gasteiger partial charge in [-0.2, -0.15) is 0 Å². The Morgan fingerprint density at radius 2 is 1.94 bits per heavy atom. The Kier molecular flexibility index (Phi) is 7.42. The second kappa shape index (κ2) is 10.5. The molecule has 0 amide bonds. The van der Waals surface area contributed by atoms with Crippen molar-refractivity contribution in [2.45, 2.75) is 26.8 Å². The maximum Gasteiger partial charge on any atom is 0.338 e. The molecule has 0 N–H and O–H groups in total. The molecule has 0 aliphatic carbocycles. The molecule has 186 valence electrons. The van der Waals surface area contributed by atoms with Crippen molar-refractivity contribution in [2.75, 3.05) is 13.7 Å². The van der Waals surface area contributed by atoms with Crippen molar-refractivity contribution in [3.63, 3.8) is 0 Å². The van der Waals surface area contributed by atoms with Gasteiger partial charge >= 0.3 is 11.9 Å². The van der Waals surface area contributed by atoms with Crippen LogP contribution in [0.3, 0.4) is 0 Å². The van der Waals surface area contributed by atoms with Crippen LogP contribution in [-0.4, -0.2) is 30.2 Å². The lowest BCUT2D eigenvalue weighted by atomic mass is 9.96. The van der Waals surface area contributed by atoms with Gasteiger partial charge in [0, 0.05) is 11.9 Å². The van der Waals surface area contributed by atoms with Crippen molar-refractivity contribution in [3.8, 4) is 11.5 Å². The number of nitrogens with zero attached hydrogens (tertiary/aromatic N) is 2. The molecule has 3 aromatic rings. The fourth-order valence-electron chi connectivity index (χ4n) is 3.95. The highest BCUT2D eigenvalue weighted by molar-refractivity contribution is 7.07. The predicted octanol–water partition coefficient (Wildman–Crippen LogP) is 3.39. The van der Waals surface area contributed by atoms with Gasteiger partial charge in [-0.15, -0.1) is 0 Å². The normalized spacial score (nSPS) is 15.2. The van der Waals surface area contributed by atoms with Crippen LogP contribution < -0.4 is 24.4 Å². The lowest BCUT2D eigenvalue weighted by molar-refractivity contribution is -0.139. The zero-order chi connectivity index (χ0) is 26.0. The monoisotopic (exact) mass is 526 g/mol. The lowest BCUT2D eigenvalue weighted by Gasteiger charge is -2.25. The van der Waals surface area contributed by atoms with Crippen molar-refractivity contribution in [1.82, 2.24) is 4.57 Å². The summed E-state index contributed by atoms with van der Waals surface area (Å²) in [6.07, 6.45) is 1.67. The van der Waals surface area contributed by atoms with E-state index in [0.29, 0.717) is 36.9 Å². The van der Waals surface area contributed by atoms with Crippen molar-refractivity contribution in [2.24, 2.45) is 4.99 Å². The number of thiazole rings is 1. The number of benzene rings is 2. The number of rotatable bonds is 6. The van der Waals surface area contributed by atoms with Gasteiger partial charge in [0.1, 0.15) is 6.04 Å². The molecular formula is C26H23ClN2O6S. The van der Waals surface area contributed by atoms with Crippen LogP contribution in [0.25, 0.3) is 6.08 Å². The van der Waals surface area contributed by atoms with Crippen molar-refractivity contribution >= 4 is 41.0 Å². The van der Waals surface area contributed by atoms with E-state index in [4.69, 9.17) is 25.8 Å². The standard InChI is InChI=1S/C26H23ClN2O6S/c1-5-34-25(32)22-14(2)28-26-29(23(22)17-8-6-7-9-18(17)27)24(31)21(36-26)13-16-10-11-19(33-4)20(12-16)35-15(3)30/h6-13,23H,5H2,1-4H3. The Labute approximate surface area is 215 Å². The van der Waals surface area contributed by atoms with E-state index < -0.39 is 18.0 Å². The number of carbonyl (C=O) groups excluding carboxylic acids is 2. The summed E-state index contributed by atoms with van der Waals surface area (Å²) in [5.41, 5.74) is 1.57. The van der Waals surface area contributed by atoms with E-state index in [2.05, 4.69) is 4.99 Å². The van der Waals surface area contributed by atoms with Crippen molar-refractivity contribution in [3.05, 3.63) is 89.6 Å².